The maximum atomic E-state index is 12.8. The van der Waals surface area contributed by atoms with Crippen molar-refractivity contribution in [3.8, 4) is 5.69 Å². The highest BCUT2D eigenvalue weighted by molar-refractivity contribution is 6.42. The second-order valence-electron chi connectivity index (χ2n) is 7.11. The van der Waals surface area contributed by atoms with E-state index in [0.717, 1.165) is 28.2 Å². The lowest BCUT2D eigenvalue weighted by atomic mass is 10.1. The molecule has 1 heterocycles. The zero-order chi connectivity index (χ0) is 22.0. The highest BCUT2D eigenvalue weighted by Gasteiger charge is 2.17. The summed E-state index contributed by atoms with van der Waals surface area (Å²) in [6.45, 7) is 7.11. The van der Waals surface area contributed by atoms with Crippen molar-refractivity contribution in [1.82, 2.24) is 9.78 Å². The van der Waals surface area contributed by atoms with Crippen LogP contribution in [0, 0.1) is 20.8 Å². The Kier molecular flexibility index (Phi) is 6.48. The largest absolute Gasteiger partial charge is 0.325 e. The average Bonchev–Trinajstić information content (AvgIpc) is 2.94. The first-order chi connectivity index (χ1) is 14.2. The molecule has 2 aromatic carbocycles. The quantitative estimate of drug-likeness (QED) is 0.564. The predicted octanol–water partition coefficient (Wildman–Crippen LogP) is 5.24. The molecule has 0 aliphatic rings. The van der Waals surface area contributed by atoms with Crippen molar-refractivity contribution in [2.75, 3.05) is 10.6 Å². The Labute approximate surface area is 185 Å². The van der Waals surface area contributed by atoms with Gasteiger partial charge in [0.2, 0.25) is 11.8 Å². The molecule has 0 aliphatic heterocycles. The van der Waals surface area contributed by atoms with Crippen LogP contribution in [0.3, 0.4) is 0 Å². The summed E-state index contributed by atoms with van der Waals surface area (Å²) in [6.07, 6.45) is 0.145. The topological polar surface area (TPSA) is 76.0 Å². The third kappa shape index (κ3) is 4.83. The molecular weight excluding hydrogens is 423 g/mol. The van der Waals surface area contributed by atoms with E-state index < -0.39 is 0 Å². The number of aromatic nitrogens is 2. The Bertz CT molecular complexity index is 1140. The average molecular weight is 445 g/mol. The summed E-state index contributed by atoms with van der Waals surface area (Å²) in [5.41, 5.74) is 5.27. The SMILES string of the molecule is CC(=O)Nc1ccc(C)cc1NC(=O)Cc1c(C)nn(-c2ccc(Cl)c(Cl)c2)c1C. The number of benzene rings is 2. The van der Waals surface area contributed by atoms with Crippen molar-refractivity contribution in [3.63, 3.8) is 0 Å². The van der Waals surface area contributed by atoms with E-state index in [-0.39, 0.29) is 18.2 Å². The molecule has 0 atom stereocenters. The molecule has 156 valence electrons. The lowest BCUT2D eigenvalue weighted by molar-refractivity contribution is -0.116. The van der Waals surface area contributed by atoms with Gasteiger partial charge in [0.1, 0.15) is 0 Å². The van der Waals surface area contributed by atoms with Crippen molar-refractivity contribution < 1.29 is 9.59 Å². The molecule has 6 nitrogen and oxygen atoms in total. The van der Waals surface area contributed by atoms with E-state index in [1.54, 1.807) is 22.9 Å². The van der Waals surface area contributed by atoms with Crippen LogP contribution in [0.15, 0.2) is 36.4 Å². The third-order valence-corrected chi connectivity index (χ3v) is 5.43. The van der Waals surface area contributed by atoms with Gasteiger partial charge in [-0.15, -0.1) is 0 Å². The molecule has 2 N–H and O–H groups in total. The van der Waals surface area contributed by atoms with E-state index in [1.807, 2.05) is 39.0 Å². The first-order valence-electron chi connectivity index (χ1n) is 9.34. The number of amides is 2. The van der Waals surface area contributed by atoms with Crippen molar-refractivity contribution in [3.05, 3.63) is 69.0 Å². The molecule has 2 amide bonds. The number of hydrogen-bond donors (Lipinski definition) is 2. The molecule has 0 saturated carbocycles. The molecule has 8 heteroatoms. The Morgan fingerprint density at radius 1 is 0.967 bits per heavy atom. The summed E-state index contributed by atoms with van der Waals surface area (Å²) in [4.78, 5) is 24.2. The fraction of sp³-hybridized carbons (Fsp3) is 0.227. The fourth-order valence-electron chi connectivity index (χ4n) is 3.21. The first-order valence-corrected chi connectivity index (χ1v) is 10.1. The van der Waals surface area contributed by atoms with Crippen LogP contribution in [0.2, 0.25) is 10.0 Å². The van der Waals surface area contributed by atoms with Gasteiger partial charge in [-0.25, -0.2) is 4.68 Å². The molecule has 0 bridgehead atoms. The van der Waals surface area contributed by atoms with Gasteiger partial charge >= 0.3 is 0 Å². The molecule has 0 fully saturated rings. The standard InChI is InChI=1S/C22H22Cl2N4O2/c1-12-5-8-20(25-15(4)29)21(9-12)26-22(30)11-17-13(2)27-28(14(17)3)16-6-7-18(23)19(24)10-16/h5-10H,11H2,1-4H3,(H,25,29)(H,26,30). The van der Waals surface area contributed by atoms with Crippen LogP contribution in [0.1, 0.15) is 29.4 Å². The zero-order valence-corrected chi connectivity index (χ0v) is 18.6. The fourth-order valence-corrected chi connectivity index (χ4v) is 3.51. The van der Waals surface area contributed by atoms with Gasteiger partial charge in [0.15, 0.2) is 0 Å². The van der Waals surface area contributed by atoms with Gasteiger partial charge in [0.05, 0.1) is 39.2 Å². The summed E-state index contributed by atoms with van der Waals surface area (Å²) in [6, 6.07) is 10.7. The molecule has 3 aromatic rings. The van der Waals surface area contributed by atoms with Gasteiger partial charge < -0.3 is 10.6 Å². The van der Waals surface area contributed by atoms with Crippen molar-refractivity contribution in [1.29, 1.82) is 0 Å². The van der Waals surface area contributed by atoms with Crippen LogP contribution in [-0.4, -0.2) is 21.6 Å². The minimum Gasteiger partial charge on any atom is -0.325 e. The number of carbonyl (C=O) groups excluding carboxylic acids is 2. The highest BCUT2D eigenvalue weighted by Crippen LogP contribution is 2.27. The van der Waals surface area contributed by atoms with Crippen LogP contribution in [0.5, 0.6) is 0 Å². The monoisotopic (exact) mass is 444 g/mol. The van der Waals surface area contributed by atoms with Gasteiger partial charge in [0, 0.05) is 18.2 Å². The normalized spacial score (nSPS) is 10.7. The van der Waals surface area contributed by atoms with Crippen LogP contribution < -0.4 is 10.6 Å². The summed E-state index contributed by atoms with van der Waals surface area (Å²) in [5.74, 6) is -0.406. The maximum Gasteiger partial charge on any atom is 0.228 e. The van der Waals surface area contributed by atoms with Gasteiger partial charge in [-0.3, -0.25) is 9.59 Å². The van der Waals surface area contributed by atoms with Crippen molar-refractivity contribution in [2.24, 2.45) is 0 Å². The Morgan fingerprint density at radius 3 is 2.37 bits per heavy atom. The van der Waals surface area contributed by atoms with Crippen LogP contribution >= 0.6 is 23.2 Å². The lowest BCUT2D eigenvalue weighted by Gasteiger charge is -2.13. The minimum absolute atomic E-state index is 0.145. The van der Waals surface area contributed by atoms with Crippen LogP contribution in [-0.2, 0) is 16.0 Å². The number of rotatable bonds is 5. The second kappa shape index (κ2) is 8.90. The maximum absolute atomic E-state index is 12.8. The summed E-state index contributed by atoms with van der Waals surface area (Å²) in [7, 11) is 0. The Balaban J connectivity index is 1.85. The molecule has 30 heavy (non-hydrogen) atoms. The Hall–Kier alpha value is -2.83. The number of halogens is 2. The second-order valence-corrected chi connectivity index (χ2v) is 7.93. The zero-order valence-electron chi connectivity index (χ0n) is 17.1. The molecule has 0 saturated heterocycles. The summed E-state index contributed by atoms with van der Waals surface area (Å²) in [5, 5.41) is 11.1. The van der Waals surface area contributed by atoms with Gasteiger partial charge in [-0.2, -0.15) is 5.10 Å². The van der Waals surface area contributed by atoms with Crippen molar-refractivity contribution in [2.45, 2.75) is 34.1 Å². The number of anilines is 2. The van der Waals surface area contributed by atoms with E-state index in [0.29, 0.717) is 21.4 Å². The van der Waals surface area contributed by atoms with Crippen molar-refractivity contribution >= 4 is 46.4 Å². The first kappa shape index (κ1) is 21.9. The smallest absolute Gasteiger partial charge is 0.228 e. The molecule has 0 radical (unpaired) electrons. The third-order valence-electron chi connectivity index (χ3n) is 4.69. The summed E-state index contributed by atoms with van der Waals surface area (Å²) < 4.78 is 1.75. The van der Waals surface area contributed by atoms with E-state index in [1.165, 1.54) is 6.92 Å². The molecular formula is C22H22Cl2N4O2. The predicted molar refractivity (Wildman–Crippen MR) is 121 cm³/mol. The number of nitrogens with zero attached hydrogens (tertiary/aromatic N) is 2. The Morgan fingerprint density at radius 2 is 1.70 bits per heavy atom. The molecule has 1 aromatic heterocycles. The van der Waals surface area contributed by atoms with Gasteiger partial charge in [0.25, 0.3) is 0 Å². The number of nitrogens with one attached hydrogen (secondary N) is 2. The number of aryl methyl sites for hydroxylation is 2. The minimum atomic E-state index is -0.205. The number of carbonyl (C=O) groups is 2. The molecule has 3 rings (SSSR count). The summed E-state index contributed by atoms with van der Waals surface area (Å²) >= 11 is 12.1. The lowest BCUT2D eigenvalue weighted by Crippen LogP contribution is -2.17. The van der Waals surface area contributed by atoms with Crippen LogP contribution in [0.25, 0.3) is 5.69 Å². The van der Waals surface area contributed by atoms with Crippen LogP contribution in [0.4, 0.5) is 11.4 Å². The van der Waals surface area contributed by atoms with E-state index in [9.17, 15) is 9.59 Å². The number of hydrogen-bond acceptors (Lipinski definition) is 3. The molecule has 0 spiro atoms. The van der Waals surface area contributed by atoms with E-state index >= 15 is 0 Å². The van der Waals surface area contributed by atoms with Gasteiger partial charge in [-0.1, -0.05) is 29.3 Å². The van der Waals surface area contributed by atoms with Gasteiger partial charge in [-0.05, 0) is 56.7 Å². The van der Waals surface area contributed by atoms with E-state index in [4.69, 9.17) is 23.2 Å². The molecule has 0 aliphatic carbocycles. The van der Waals surface area contributed by atoms with E-state index in [2.05, 4.69) is 15.7 Å². The molecule has 0 unspecified atom stereocenters. The highest BCUT2D eigenvalue weighted by atomic mass is 35.5.